The fraction of sp³-hybridized carbons (Fsp3) is 0.500. The number of carbonyl (C=O) groups excluding carboxylic acids is 1. The van der Waals surface area contributed by atoms with Crippen molar-refractivity contribution < 1.29 is 10.0 Å². The van der Waals surface area contributed by atoms with E-state index in [1.165, 1.54) is 0 Å². The first-order valence-corrected chi connectivity index (χ1v) is 7.44. The van der Waals surface area contributed by atoms with Gasteiger partial charge >= 0.3 is 0 Å². The second kappa shape index (κ2) is 7.11. The number of nitrogens with one attached hydrogen (secondary N) is 1. The van der Waals surface area contributed by atoms with Crippen LogP contribution >= 0.6 is 0 Å². The van der Waals surface area contributed by atoms with Crippen molar-refractivity contribution in [1.82, 2.24) is 0 Å². The SMILES string of the molecule is CC1CCC(C(=O)Nc2ccc(C/C(N)=N/O)cc2)CC1. The summed E-state index contributed by atoms with van der Waals surface area (Å²) < 4.78 is 0. The summed E-state index contributed by atoms with van der Waals surface area (Å²) in [4.78, 5) is 12.2. The second-order valence-corrected chi connectivity index (χ2v) is 5.91. The summed E-state index contributed by atoms with van der Waals surface area (Å²) in [5.41, 5.74) is 7.20. The molecule has 1 aromatic carbocycles. The van der Waals surface area contributed by atoms with Crippen LogP contribution in [0.4, 0.5) is 5.69 Å². The van der Waals surface area contributed by atoms with Crippen molar-refractivity contribution in [2.75, 3.05) is 5.32 Å². The highest BCUT2D eigenvalue weighted by atomic mass is 16.4. The maximum atomic E-state index is 12.2. The zero-order chi connectivity index (χ0) is 15.2. The number of anilines is 1. The fourth-order valence-electron chi connectivity index (χ4n) is 2.72. The molecular formula is C16H23N3O2. The van der Waals surface area contributed by atoms with E-state index < -0.39 is 0 Å². The quantitative estimate of drug-likeness (QED) is 0.345. The predicted octanol–water partition coefficient (Wildman–Crippen LogP) is 2.74. The van der Waals surface area contributed by atoms with Crippen molar-refractivity contribution in [1.29, 1.82) is 0 Å². The lowest BCUT2D eigenvalue weighted by Crippen LogP contribution is -2.26. The van der Waals surface area contributed by atoms with E-state index in [4.69, 9.17) is 10.9 Å². The van der Waals surface area contributed by atoms with Crippen LogP contribution < -0.4 is 11.1 Å². The standard InChI is InChI=1S/C16H23N3O2/c1-11-2-6-13(7-3-11)16(20)18-14-8-4-12(5-9-14)10-15(17)19-21/h4-5,8-9,11,13,21H,2-3,6-7,10H2,1H3,(H2,17,19)(H,18,20). The van der Waals surface area contributed by atoms with Gasteiger partial charge < -0.3 is 16.3 Å². The number of amidine groups is 1. The average Bonchev–Trinajstić information content (AvgIpc) is 2.49. The van der Waals surface area contributed by atoms with Crippen LogP contribution in [0, 0.1) is 11.8 Å². The number of carbonyl (C=O) groups is 1. The summed E-state index contributed by atoms with van der Waals surface area (Å²) in [6.45, 7) is 2.24. The van der Waals surface area contributed by atoms with Crippen LogP contribution in [0.5, 0.6) is 0 Å². The Hall–Kier alpha value is -2.04. The molecule has 0 bridgehead atoms. The minimum atomic E-state index is 0.117. The van der Waals surface area contributed by atoms with Crippen molar-refractivity contribution in [2.45, 2.75) is 39.0 Å². The van der Waals surface area contributed by atoms with E-state index in [9.17, 15) is 4.79 Å². The van der Waals surface area contributed by atoms with Crippen molar-refractivity contribution in [3.05, 3.63) is 29.8 Å². The molecule has 5 nitrogen and oxygen atoms in total. The number of nitrogens with zero attached hydrogens (tertiary/aromatic N) is 1. The van der Waals surface area contributed by atoms with Gasteiger partial charge in [0.1, 0.15) is 5.84 Å². The maximum Gasteiger partial charge on any atom is 0.227 e. The molecule has 0 heterocycles. The highest BCUT2D eigenvalue weighted by Gasteiger charge is 2.24. The highest BCUT2D eigenvalue weighted by molar-refractivity contribution is 5.92. The van der Waals surface area contributed by atoms with E-state index >= 15 is 0 Å². The summed E-state index contributed by atoms with van der Waals surface area (Å²) in [6, 6.07) is 7.44. The number of benzene rings is 1. The molecule has 2 rings (SSSR count). The van der Waals surface area contributed by atoms with Gasteiger partial charge in [0.05, 0.1) is 0 Å². The lowest BCUT2D eigenvalue weighted by molar-refractivity contribution is -0.121. The Morgan fingerprint density at radius 3 is 2.48 bits per heavy atom. The summed E-state index contributed by atoms with van der Waals surface area (Å²) in [5.74, 6) is 1.17. The number of rotatable bonds is 4. The molecule has 1 fully saturated rings. The van der Waals surface area contributed by atoms with Crippen LogP contribution in [0.2, 0.25) is 0 Å². The van der Waals surface area contributed by atoms with Crippen molar-refractivity contribution in [3.63, 3.8) is 0 Å². The Morgan fingerprint density at radius 2 is 1.90 bits per heavy atom. The van der Waals surface area contributed by atoms with Crippen LogP contribution in [0.3, 0.4) is 0 Å². The first-order chi connectivity index (χ1) is 10.1. The lowest BCUT2D eigenvalue weighted by atomic mass is 9.82. The van der Waals surface area contributed by atoms with Crippen LogP contribution in [0.15, 0.2) is 29.4 Å². The van der Waals surface area contributed by atoms with E-state index in [-0.39, 0.29) is 17.7 Å². The third-order valence-electron chi connectivity index (χ3n) is 4.12. The molecule has 4 N–H and O–H groups in total. The summed E-state index contributed by atoms with van der Waals surface area (Å²) in [6.07, 6.45) is 4.63. The van der Waals surface area contributed by atoms with E-state index in [1.807, 2.05) is 24.3 Å². The van der Waals surface area contributed by atoms with Gasteiger partial charge in [0.25, 0.3) is 0 Å². The minimum Gasteiger partial charge on any atom is -0.409 e. The fourth-order valence-corrected chi connectivity index (χ4v) is 2.72. The average molecular weight is 289 g/mol. The first-order valence-electron chi connectivity index (χ1n) is 7.44. The molecule has 1 aromatic rings. The van der Waals surface area contributed by atoms with Gasteiger partial charge in [-0.15, -0.1) is 0 Å². The van der Waals surface area contributed by atoms with Gasteiger partial charge in [0, 0.05) is 18.0 Å². The molecule has 0 atom stereocenters. The molecule has 0 unspecified atom stereocenters. The van der Waals surface area contributed by atoms with Crippen molar-refractivity contribution in [2.24, 2.45) is 22.7 Å². The van der Waals surface area contributed by atoms with Gasteiger partial charge in [0.15, 0.2) is 0 Å². The van der Waals surface area contributed by atoms with Gasteiger partial charge in [-0.05, 0) is 49.3 Å². The van der Waals surface area contributed by atoms with Crippen LogP contribution in [0.25, 0.3) is 0 Å². The normalized spacial score (nSPS) is 22.8. The predicted molar refractivity (Wildman–Crippen MR) is 83.3 cm³/mol. The molecule has 1 aliphatic carbocycles. The maximum absolute atomic E-state index is 12.2. The third kappa shape index (κ3) is 4.48. The Kier molecular flexibility index (Phi) is 5.20. The first kappa shape index (κ1) is 15.4. The van der Waals surface area contributed by atoms with E-state index in [2.05, 4.69) is 17.4 Å². The van der Waals surface area contributed by atoms with Gasteiger partial charge in [-0.2, -0.15) is 0 Å². The van der Waals surface area contributed by atoms with Gasteiger partial charge in [-0.25, -0.2) is 0 Å². The Bertz CT molecular complexity index is 503. The topological polar surface area (TPSA) is 87.7 Å². The largest absolute Gasteiger partial charge is 0.409 e. The van der Waals surface area contributed by atoms with Crippen molar-refractivity contribution in [3.8, 4) is 0 Å². The highest BCUT2D eigenvalue weighted by Crippen LogP contribution is 2.29. The molecule has 114 valence electrons. The molecule has 1 amide bonds. The molecule has 0 saturated heterocycles. The van der Waals surface area contributed by atoms with Gasteiger partial charge in [-0.3, -0.25) is 4.79 Å². The minimum absolute atomic E-state index is 0.117. The summed E-state index contributed by atoms with van der Waals surface area (Å²) in [7, 11) is 0. The van der Waals surface area contributed by atoms with Crippen LogP contribution in [-0.4, -0.2) is 17.0 Å². The van der Waals surface area contributed by atoms with Gasteiger partial charge in [0.2, 0.25) is 5.91 Å². The number of amides is 1. The molecule has 0 aliphatic heterocycles. The third-order valence-corrected chi connectivity index (χ3v) is 4.12. The zero-order valence-electron chi connectivity index (χ0n) is 12.4. The number of nitrogens with two attached hydrogens (primary N) is 1. The Balaban J connectivity index is 1.89. The van der Waals surface area contributed by atoms with E-state index in [1.54, 1.807) is 0 Å². The summed E-state index contributed by atoms with van der Waals surface area (Å²) in [5, 5.41) is 14.5. The number of oxime groups is 1. The second-order valence-electron chi connectivity index (χ2n) is 5.91. The lowest BCUT2D eigenvalue weighted by Gasteiger charge is -2.25. The summed E-state index contributed by atoms with van der Waals surface area (Å²) >= 11 is 0. The molecule has 0 radical (unpaired) electrons. The monoisotopic (exact) mass is 289 g/mol. The molecule has 0 spiro atoms. The Morgan fingerprint density at radius 1 is 1.29 bits per heavy atom. The molecule has 0 aromatic heterocycles. The van der Waals surface area contributed by atoms with Gasteiger partial charge in [-0.1, -0.05) is 24.2 Å². The molecule has 1 saturated carbocycles. The number of hydrogen-bond acceptors (Lipinski definition) is 3. The molecule has 1 aliphatic rings. The molecular weight excluding hydrogens is 266 g/mol. The zero-order valence-corrected chi connectivity index (χ0v) is 12.4. The molecule has 5 heteroatoms. The number of hydrogen-bond donors (Lipinski definition) is 3. The Labute approximate surface area is 125 Å². The van der Waals surface area contributed by atoms with E-state index in [0.29, 0.717) is 6.42 Å². The molecule has 21 heavy (non-hydrogen) atoms. The van der Waals surface area contributed by atoms with E-state index in [0.717, 1.165) is 42.9 Å². The van der Waals surface area contributed by atoms with Crippen LogP contribution in [0.1, 0.15) is 38.2 Å². The van der Waals surface area contributed by atoms with Crippen molar-refractivity contribution >= 4 is 17.4 Å². The smallest absolute Gasteiger partial charge is 0.227 e. The van der Waals surface area contributed by atoms with Crippen LogP contribution in [-0.2, 0) is 11.2 Å².